The standard InChI is InChI=1S/C17H19BrFN/c1-17(2,13-6-4-3-5-7-13)16(20)10-12-8-14(18)11-15(19)9-12/h3-9,11,16H,10,20H2,1-2H3. The molecule has 0 aromatic heterocycles. The van der Waals surface area contributed by atoms with Crippen LogP contribution in [0.25, 0.3) is 0 Å². The predicted octanol–water partition coefficient (Wildman–Crippen LogP) is 4.44. The first-order valence-corrected chi connectivity index (χ1v) is 7.45. The van der Waals surface area contributed by atoms with Crippen LogP contribution in [0.2, 0.25) is 0 Å². The lowest BCUT2D eigenvalue weighted by molar-refractivity contribution is 0.406. The quantitative estimate of drug-likeness (QED) is 0.878. The lowest BCUT2D eigenvalue weighted by Gasteiger charge is -2.32. The molecule has 0 amide bonds. The van der Waals surface area contributed by atoms with Gasteiger partial charge in [0.25, 0.3) is 0 Å². The molecular formula is C17H19BrFN. The Morgan fingerprint density at radius 2 is 1.80 bits per heavy atom. The Bertz CT molecular complexity index is 561. The summed E-state index contributed by atoms with van der Waals surface area (Å²) in [5, 5.41) is 0. The molecule has 2 N–H and O–H groups in total. The Morgan fingerprint density at radius 3 is 2.40 bits per heavy atom. The molecule has 1 atom stereocenters. The summed E-state index contributed by atoms with van der Waals surface area (Å²) in [6.45, 7) is 4.25. The average Bonchev–Trinajstić information content (AvgIpc) is 2.38. The molecule has 0 bridgehead atoms. The van der Waals surface area contributed by atoms with Gasteiger partial charge < -0.3 is 5.73 Å². The maximum absolute atomic E-state index is 13.4. The minimum Gasteiger partial charge on any atom is -0.327 e. The summed E-state index contributed by atoms with van der Waals surface area (Å²) >= 11 is 3.32. The van der Waals surface area contributed by atoms with Gasteiger partial charge in [-0.25, -0.2) is 4.39 Å². The molecule has 0 heterocycles. The summed E-state index contributed by atoms with van der Waals surface area (Å²) in [6.07, 6.45) is 0.637. The second-order valence-electron chi connectivity index (χ2n) is 5.68. The van der Waals surface area contributed by atoms with E-state index in [1.54, 1.807) is 6.07 Å². The molecule has 1 unspecified atom stereocenters. The van der Waals surface area contributed by atoms with E-state index in [4.69, 9.17) is 5.73 Å². The third-order valence-corrected chi connectivity index (χ3v) is 4.28. The largest absolute Gasteiger partial charge is 0.327 e. The van der Waals surface area contributed by atoms with Crippen LogP contribution in [0.15, 0.2) is 53.0 Å². The van der Waals surface area contributed by atoms with Gasteiger partial charge >= 0.3 is 0 Å². The highest BCUT2D eigenvalue weighted by Crippen LogP contribution is 2.28. The highest BCUT2D eigenvalue weighted by Gasteiger charge is 2.28. The number of hydrogen-bond donors (Lipinski definition) is 1. The van der Waals surface area contributed by atoms with E-state index in [1.165, 1.54) is 11.6 Å². The van der Waals surface area contributed by atoms with Gasteiger partial charge in [0.1, 0.15) is 5.82 Å². The van der Waals surface area contributed by atoms with Gasteiger partial charge in [0.2, 0.25) is 0 Å². The maximum atomic E-state index is 13.4. The summed E-state index contributed by atoms with van der Waals surface area (Å²) in [5.74, 6) is -0.237. The minimum absolute atomic E-state index is 0.0846. The van der Waals surface area contributed by atoms with Crippen LogP contribution in [0.4, 0.5) is 4.39 Å². The molecule has 0 saturated carbocycles. The van der Waals surface area contributed by atoms with Crippen molar-refractivity contribution in [3.63, 3.8) is 0 Å². The molecule has 3 heteroatoms. The van der Waals surface area contributed by atoms with Gasteiger partial charge in [-0.2, -0.15) is 0 Å². The zero-order chi connectivity index (χ0) is 14.8. The van der Waals surface area contributed by atoms with Crippen molar-refractivity contribution in [2.75, 3.05) is 0 Å². The molecule has 0 aliphatic heterocycles. The second-order valence-corrected chi connectivity index (χ2v) is 6.59. The first kappa shape index (κ1) is 15.2. The molecule has 0 aliphatic rings. The summed E-state index contributed by atoms with van der Waals surface area (Å²) in [6, 6.07) is 15.0. The summed E-state index contributed by atoms with van der Waals surface area (Å²) in [5.41, 5.74) is 8.32. The van der Waals surface area contributed by atoms with E-state index in [1.807, 2.05) is 24.3 Å². The normalized spacial score (nSPS) is 13.2. The van der Waals surface area contributed by atoms with E-state index in [2.05, 4.69) is 41.9 Å². The maximum Gasteiger partial charge on any atom is 0.124 e. The van der Waals surface area contributed by atoms with Gasteiger partial charge in [-0.05, 0) is 35.7 Å². The molecule has 20 heavy (non-hydrogen) atoms. The van der Waals surface area contributed by atoms with Gasteiger partial charge in [-0.3, -0.25) is 0 Å². The van der Waals surface area contributed by atoms with Gasteiger partial charge in [0.15, 0.2) is 0 Å². The van der Waals surface area contributed by atoms with E-state index < -0.39 is 0 Å². The van der Waals surface area contributed by atoms with E-state index in [0.29, 0.717) is 6.42 Å². The zero-order valence-electron chi connectivity index (χ0n) is 11.7. The van der Waals surface area contributed by atoms with Crippen LogP contribution in [0.1, 0.15) is 25.0 Å². The van der Waals surface area contributed by atoms with Crippen molar-refractivity contribution in [3.8, 4) is 0 Å². The van der Waals surface area contributed by atoms with E-state index in [9.17, 15) is 4.39 Å². The molecule has 106 valence electrons. The van der Waals surface area contributed by atoms with Crippen LogP contribution in [-0.4, -0.2) is 6.04 Å². The molecule has 0 aliphatic carbocycles. The summed E-state index contributed by atoms with van der Waals surface area (Å²) < 4.78 is 14.2. The zero-order valence-corrected chi connectivity index (χ0v) is 13.3. The van der Waals surface area contributed by atoms with E-state index >= 15 is 0 Å². The van der Waals surface area contributed by atoms with Crippen LogP contribution < -0.4 is 5.73 Å². The lowest BCUT2D eigenvalue weighted by Crippen LogP contribution is -2.42. The highest BCUT2D eigenvalue weighted by atomic mass is 79.9. The number of hydrogen-bond acceptors (Lipinski definition) is 1. The van der Waals surface area contributed by atoms with Crippen LogP contribution in [0.5, 0.6) is 0 Å². The smallest absolute Gasteiger partial charge is 0.124 e. The van der Waals surface area contributed by atoms with Gasteiger partial charge in [-0.1, -0.05) is 60.1 Å². The Morgan fingerprint density at radius 1 is 1.15 bits per heavy atom. The predicted molar refractivity (Wildman–Crippen MR) is 85.2 cm³/mol. The fourth-order valence-corrected chi connectivity index (χ4v) is 2.83. The lowest BCUT2D eigenvalue weighted by atomic mass is 9.76. The van der Waals surface area contributed by atoms with Crippen LogP contribution in [0.3, 0.4) is 0 Å². The van der Waals surface area contributed by atoms with Crippen molar-refractivity contribution in [2.24, 2.45) is 5.73 Å². The number of rotatable bonds is 4. The second kappa shape index (κ2) is 6.06. The molecule has 0 fully saturated rings. The molecule has 0 saturated heterocycles. The van der Waals surface area contributed by atoms with Crippen LogP contribution >= 0.6 is 15.9 Å². The number of benzene rings is 2. The van der Waals surface area contributed by atoms with Crippen molar-refractivity contribution < 1.29 is 4.39 Å². The van der Waals surface area contributed by atoms with Crippen molar-refractivity contribution >= 4 is 15.9 Å². The van der Waals surface area contributed by atoms with Crippen molar-refractivity contribution in [1.82, 2.24) is 0 Å². The van der Waals surface area contributed by atoms with Crippen LogP contribution in [-0.2, 0) is 11.8 Å². The van der Waals surface area contributed by atoms with Crippen molar-refractivity contribution in [3.05, 3.63) is 69.9 Å². The molecule has 2 rings (SSSR count). The van der Waals surface area contributed by atoms with Crippen LogP contribution in [0, 0.1) is 5.82 Å². The fraction of sp³-hybridized carbons (Fsp3) is 0.294. The molecule has 2 aromatic carbocycles. The molecule has 2 aromatic rings. The topological polar surface area (TPSA) is 26.0 Å². The van der Waals surface area contributed by atoms with E-state index in [0.717, 1.165) is 10.0 Å². The van der Waals surface area contributed by atoms with Gasteiger partial charge in [0, 0.05) is 15.9 Å². The Balaban J connectivity index is 2.21. The first-order chi connectivity index (χ1) is 9.39. The average molecular weight is 336 g/mol. The number of halogens is 2. The Kier molecular flexibility index (Phi) is 4.61. The molecule has 1 nitrogen and oxygen atoms in total. The third kappa shape index (κ3) is 3.47. The molecular weight excluding hydrogens is 317 g/mol. The monoisotopic (exact) mass is 335 g/mol. The fourth-order valence-electron chi connectivity index (χ4n) is 2.32. The van der Waals surface area contributed by atoms with E-state index in [-0.39, 0.29) is 17.3 Å². The van der Waals surface area contributed by atoms with Gasteiger partial charge in [-0.15, -0.1) is 0 Å². The minimum atomic E-state index is -0.237. The third-order valence-electron chi connectivity index (χ3n) is 3.82. The van der Waals surface area contributed by atoms with Gasteiger partial charge in [0.05, 0.1) is 0 Å². The Hall–Kier alpha value is -1.19. The first-order valence-electron chi connectivity index (χ1n) is 6.65. The molecule has 0 spiro atoms. The summed E-state index contributed by atoms with van der Waals surface area (Å²) in [7, 11) is 0. The van der Waals surface area contributed by atoms with Crippen molar-refractivity contribution in [2.45, 2.75) is 31.7 Å². The number of nitrogens with two attached hydrogens (primary N) is 1. The Labute approximate surface area is 128 Å². The highest BCUT2D eigenvalue weighted by molar-refractivity contribution is 9.10. The van der Waals surface area contributed by atoms with Crippen molar-refractivity contribution in [1.29, 1.82) is 0 Å². The SMILES string of the molecule is CC(C)(c1ccccc1)C(N)Cc1cc(F)cc(Br)c1. The molecule has 0 radical (unpaired) electrons. The summed E-state index contributed by atoms with van der Waals surface area (Å²) in [4.78, 5) is 0.